The average Bonchev–Trinajstić information content (AvgIpc) is 2.73. The van der Waals surface area contributed by atoms with Crippen LogP contribution in [0.15, 0.2) is 35.9 Å². The van der Waals surface area contributed by atoms with Crippen LogP contribution in [0.1, 0.15) is 24.5 Å². The molecule has 0 unspecified atom stereocenters. The largest absolute Gasteiger partial charge is 0.296 e. The lowest BCUT2D eigenvalue weighted by Crippen LogP contribution is -2.38. The van der Waals surface area contributed by atoms with E-state index < -0.39 is 0 Å². The third-order valence-corrected chi connectivity index (χ3v) is 4.01. The zero-order valence-corrected chi connectivity index (χ0v) is 9.95. The Morgan fingerprint density at radius 1 is 1.12 bits per heavy atom. The second kappa shape index (κ2) is 4.06. The van der Waals surface area contributed by atoms with Crippen LogP contribution in [0.2, 0.25) is 0 Å². The van der Waals surface area contributed by atoms with Gasteiger partial charge in [-0.2, -0.15) is 0 Å². The van der Waals surface area contributed by atoms with Crippen LogP contribution in [0.25, 0.3) is 0 Å². The van der Waals surface area contributed by atoms with Gasteiger partial charge in [0.15, 0.2) is 0 Å². The van der Waals surface area contributed by atoms with Crippen LogP contribution in [-0.2, 0) is 12.8 Å². The summed E-state index contributed by atoms with van der Waals surface area (Å²) in [5.41, 5.74) is 4.70. The van der Waals surface area contributed by atoms with Gasteiger partial charge in [0.1, 0.15) is 0 Å². The van der Waals surface area contributed by atoms with Gasteiger partial charge in [-0.25, -0.2) is 0 Å². The van der Waals surface area contributed by atoms with E-state index in [2.05, 4.69) is 42.2 Å². The lowest BCUT2D eigenvalue weighted by molar-refractivity contribution is 0.217. The van der Waals surface area contributed by atoms with Crippen LogP contribution in [-0.4, -0.2) is 24.0 Å². The standard InChI is InChI=1S/C15H19N/c1-12-6-8-16(9-7-12)15-10-13-4-2-3-5-14(13)11-15/h2-6,15H,7-11H2,1H3. The summed E-state index contributed by atoms with van der Waals surface area (Å²) < 4.78 is 0. The molecule has 0 N–H and O–H groups in total. The summed E-state index contributed by atoms with van der Waals surface area (Å²) in [5, 5.41) is 0. The number of fused-ring (bicyclic) bond motifs is 1. The molecule has 0 atom stereocenters. The van der Waals surface area contributed by atoms with Gasteiger partial charge in [-0.1, -0.05) is 35.9 Å². The Labute approximate surface area is 97.8 Å². The Balaban J connectivity index is 1.72. The van der Waals surface area contributed by atoms with Crippen LogP contribution < -0.4 is 0 Å². The number of hydrogen-bond donors (Lipinski definition) is 0. The quantitative estimate of drug-likeness (QED) is 0.648. The molecule has 0 fully saturated rings. The summed E-state index contributed by atoms with van der Waals surface area (Å²) in [6.45, 7) is 4.66. The Morgan fingerprint density at radius 2 is 1.81 bits per heavy atom. The molecule has 0 saturated carbocycles. The van der Waals surface area contributed by atoms with Crippen LogP contribution in [0.3, 0.4) is 0 Å². The molecule has 1 heterocycles. The lowest BCUT2D eigenvalue weighted by Gasteiger charge is -2.30. The summed E-state index contributed by atoms with van der Waals surface area (Å²) in [7, 11) is 0. The molecule has 0 bridgehead atoms. The molecule has 1 aliphatic heterocycles. The molecule has 2 aliphatic rings. The SMILES string of the molecule is CC1=CCN(C2Cc3ccccc3C2)CC1. The van der Waals surface area contributed by atoms with E-state index in [-0.39, 0.29) is 0 Å². The van der Waals surface area contributed by atoms with Crippen LogP contribution in [0.5, 0.6) is 0 Å². The summed E-state index contributed by atoms with van der Waals surface area (Å²) in [5.74, 6) is 0. The van der Waals surface area contributed by atoms with Gasteiger partial charge >= 0.3 is 0 Å². The second-order valence-electron chi connectivity index (χ2n) is 5.13. The van der Waals surface area contributed by atoms with Crippen LogP contribution in [0.4, 0.5) is 0 Å². The molecule has 3 rings (SSSR count). The minimum atomic E-state index is 0.752. The maximum Gasteiger partial charge on any atom is 0.0180 e. The van der Waals surface area contributed by atoms with Crippen molar-refractivity contribution < 1.29 is 0 Å². The van der Waals surface area contributed by atoms with Gasteiger partial charge < -0.3 is 0 Å². The number of nitrogens with zero attached hydrogens (tertiary/aromatic N) is 1. The fourth-order valence-corrected chi connectivity index (χ4v) is 2.91. The lowest BCUT2D eigenvalue weighted by atomic mass is 10.1. The molecular weight excluding hydrogens is 194 g/mol. The predicted octanol–water partition coefficient (Wildman–Crippen LogP) is 2.81. The summed E-state index contributed by atoms with van der Waals surface area (Å²) in [6, 6.07) is 9.67. The molecule has 1 aliphatic carbocycles. The van der Waals surface area contributed by atoms with Gasteiger partial charge in [-0.05, 0) is 37.3 Å². The zero-order chi connectivity index (χ0) is 11.0. The molecule has 1 nitrogen and oxygen atoms in total. The van der Waals surface area contributed by atoms with Gasteiger partial charge in [0.25, 0.3) is 0 Å². The van der Waals surface area contributed by atoms with Crippen molar-refractivity contribution in [2.75, 3.05) is 13.1 Å². The van der Waals surface area contributed by atoms with E-state index in [0.29, 0.717) is 0 Å². The highest BCUT2D eigenvalue weighted by molar-refractivity contribution is 5.33. The van der Waals surface area contributed by atoms with Crippen molar-refractivity contribution in [2.24, 2.45) is 0 Å². The summed E-state index contributed by atoms with van der Waals surface area (Å²) in [4.78, 5) is 2.65. The van der Waals surface area contributed by atoms with Crippen LogP contribution >= 0.6 is 0 Å². The van der Waals surface area contributed by atoms with Crippen molar-refractivity contribution in [1.82, 2.24) is 4.90 Å². The monoisotopic (exact) mass is 213 g/mol. The van der Waals surface area contributed by atoms with E-state index in [0.717, 1.165) is 12.6 Å². The number of benzene rings is 1. The molecular formula is C15H19N. The molecule has 0 amide bonds. The smallest absolute Gasteiger partial charge is 0.0180 e. The zero-order valence-electron chi connectivity index (χ0n) is 9.95. The highest BCUT2D eigenvalue weighted by atomic mass is 15.2. The van der Waals surface area contributed by atoms with E-state index in [1.165, 1.54) is 25.8 Å². The molecule has 1 heteroatoms. The molecule has 0 radical (unpaired) electrons. The van der Waals surface area contributed by atoms with Crippen molar-refractivity contribution in [3.63, 3.8) is 0 Å². The van der Waals surface area contributed by atoms with E-state index in [4.69, 9.17) is 0 Å². The van der Waals surface area contributed by atoms with Crippen molar-refractivity contribution in [1.29, 1.82) is 0 Å². The molecule has 16 heavy (non-hydrogen) atoms. The molecule has 0 saturated heterocycles. The van der Waals surface area contributed by atoms with E-state index >= 15 is 0 Å². The third-order valence-electron chi connectivity index (χ3n) is 4.01. The molecule has 84 valence electrons. The van der Waals surface area contributed by atoms with Crippen molar-refractivity contribution in [3.8, 4) is 0 Å². The van der Waals surface area contributed by atoms with Crippen molar-refractivity contribution in [3.05, 3.63) is 47.0 Å². The van der Waals surface area contributed by atoms with E-state index in [1.807, 2.05) is 0 Å². The highest BCUT2D eigenvalue weighted by Gasteiger charge is 2.26. The van der Waals surface area contributed by atoms with Gasteiger partial charge in [0.2, 0.25) is 0 Å². The Hall–Kier alpha value is -1.08. The minimum absolute atomic E-state index is 0.752. The van der Waals surface area contributed by atoms with Gasteiger partial charge in [0, 0.05) is 19.1 Å². The molecule has 0 spiro atoms. The highest BCUT2D eigenvalue weighted by Crippen LogP contribution is 2.26. The Morgan fingerprint density at radius 3 is 2.38 bits per heavy atom. The minimum Gasteiger partial charge on any atom is -0.296 e. The fraction of sp³-hybridized carbons (Fsp3) is 0.467. The molecule has 1 aromatic carbocycles. The maximum atomic E-state index is 2.65. The first-order chi connectivity index (χ1) is 7.83. The predicted molar refractivity (Wildman–Crippen MR) is 67.6 cm³/mol. The van der Waals surface area contributed by atoms with Gasteiger partial charge in [-0.15, -0.1) is 0 Å². The number of hydrogen-bond acceptors (Lipinski definition) is 1. The maximum absolute atomic E-state index is 2.65. The summed E-state index contributed by atoms with van der Waals surface area (Å²) >= 11 is 0. The number of rotatable bonds is 1. The first kappa shape index (κ1) is 10.1. The second-order valence-corrected chi connectivity index (χ2v) is 5.13. The van der Waals surface area contributed by atoms with Crippen molar-refractivity contribution >= 4 is 0 Å². The van der Waals surface area contributed by atoms with E-state index in [9.17, 15) is 0 Å². The normalized spacial score (nSPS) is 21.9. The summed E-state index contributed by atoms with van der Waals surface area (Å²) in [6.07, 6.45) is 6.16. The Kier molecular flexibility index (Phi) is 2.56. The first-order valence-corrected chi connectivity index (χ1v) is 6.29. The average molecular weight is 213 g/mol. The fourth-order valence-electron chi connectivity index (χ4n) is 2.91. The first-order valence-electron chi connectivity index (χ1n) is 6.29. The van der Waals surface area contributed by atoms with Gasteiger partial charge in [-0.3, -0.25) is 4.90 Å². The van der Waals surface area contributed by atoms with Crippen LogP contribution in [0, 0.1) is 0 Å². The molecule has 0 aromatic heterocycles. The van der Waals surface area contributed by atoms with Crippen molar-refractivity contribution in [2.45, 2.75) is 32.2 Å². The third kappa shape index (κ3) is 1.80. The molecule has 1 aromatic rings. The Bertz CT molecular complexity index is 394. The van der Waals surface area contributed by atoms with E-state index in [1.54, 1.807) is 16.7 Å². The van der Waals surface area contributed by atoms with Gasteiger partial charge in [0.05, 0.1) is 0 Å². The topological polar surface area (TPSA) is 3.24 Å².